The van der Waals surface area contributed by atoms with E-state index in [9.17, 15) is 17.6 Å². The lowest BCUT2D eigenvalue weighted by Gasteiger charge is -2.10. The Morgan fingerprint density at radius 3 is 2.25 bits per heavy atom. The molecule has 0 radical (unpaired) electrons. The molecule has 0 aliphatic carbocycles. The van der Waals surface area contributed by atoms with Gasteiger partial charge in [-0.1, -0.05) is 36.1 Å². The number of sulfonamides is 1. The molecule has 0 aliphatic rings. The summed E-state index contributed by atoms with van der Waals surface area (Å²) in [5.74, 6) is 4.86. The third kappa shape index (κ3) is 4.62. The Bertz CT molecular complexity index is 1190. The van der Waals surface area contributed by atoms with Gasteiger partial charge in [0.25, 0.3) is 5.91 Å². The number of nitrogens with one attached hydrogen (secondary N) is 1. The molecular weight excluding hydrogens is 379 g/mol. The van der Waals surface area contributed by atoms with E-state index in [4.69, 9.17) is 5.14 Å². The summed E-state index contributed by atoms with van der Waals surface area (Å²) in [5.41, 5.74) is 1.38. The molecule has 3 aromatic rings. The van der Waals surface area contributed by atoms with Gasteiger partial charge < -0.3 is 5.32 Å². The Labute approximate surface area is 162 Å². The van der Waals surface area contributed by atoms with Gasteiger partial charge in [0.1, 0.15) is 10.7 Å². The molecular formula is C21H15FN2O3S. The van der Waals surface area contributed by atoms with Gasteiger partial charge in [-0.15, -0.1) is 0 Å². The fourth-order valence-electron chi connectivity index (χ4n) is 2.47. The molecule has 5 nitrogen and oxygen atoms in total. The van der Waals surface area contributed by atoms with Gasteiger partial charge in [0.05, 0.1) is 11.3 Å². The van der Waals surface area contributed by atoms with Crippen molar-refractivity contribution in [2.45, 2.75) is 4.90 Å². The van der Waals surface area contributed by atoms with Gasteiger partial charge in [0.2, 0.25) is 10.0 Å². The van der Waals surface area contributed by atoms with E-state index in [1.165, 1.54) is 42.5 Å². The summed E-state index contributed by atoms with van der Waals surface area (Å²) in [7, 11) is -3.99. The molecule has 0 spiro atoms. The monoisotopic (exact) mass is 394 g/mol. The van der Waals surface area contributed by atoms with Crippen LogP contribution in [0.4, 0.5) is 10.1 Å². The van der Waals surface area contributed by atoms with Crippen LogP contribution in [0.15, 0.2) is 77.7 Å². The molecule has 0 unspecified atom stereocenters. The fraction of sp³-hybridized carbons (Fsp3) is 0. The molecule has 0 saturated heterocycles. The molecule has 3 N–H and O–H groups in total. The molecule has 7 heteroatoms. The first-order valence-corrected chi connectivity index (χ1v) is 9.69. The third-order valence-electron chi connectivity index (χ3n) is 3.80. The molecule has 0 aromatic heterocycles. The van der Waals surface area contributed by atoms with Crippen molar-refractivity contribution in [1.29, 1.82) is 0 Å². The average molecular weight is 394 g/mol. The molecule has 3 aromatic carbocycles. The highest BCUT2D eigenvalue weighted by molar-refractivity contribution is 7.89. The second kappa shape index (κ2) is 8.05. The van der Waals surface area contributed by atoms with Crippen molar-refractivity contribution in [2.75, 3.05) is 5.32 Å². The van der Waals surface area contributed by atoms with E-state index in [-0.39, 0.29) is 22.0 Å². The zero-order valence-electron chi connectivity index (χ0n) is 14.5. The van der Waals surface area contributed by atoms with Crippen LogP contribution in [0.1, 0.15) is 21.5 Å². The molecule has 0 aliphatic heterocycles. The minimum atomic E-state index is -3.99. The summed E-state index contributed by atoms with van der Waals surface area (Å²) < 4.78 is 36.4. The number of rotatable bonds is 3. The van der Waals surface area contributed by atoms with Gasteiger partial charge in [-0.25, -0.2) is 17.9 Å². The number of para-hydroxylation sites is 1. The van der Waals surface area contributed by atoms with E-state index in [0.717, 1.165) is 0 Å². The molecule has 3 rings (SSSR count). The first-order chi connectivity index (χ1) is 13.3. The molecule has 0 atom stereocenters. The van der Waals surface area contributed by atoms with E-state index in [1.54, 1.807) is 30.3 Å². The number of halogens is 1. The lowest BCUT2D eigenvalue weighted by Crippen LogP contribution is -2.19. The maximum Gasteiger partial charge on any atom is 0.256 e. The molecule has 0 heterocycles. The van der Waals surface area contributed by atoms with Crippen molar-refractivity contribution in [3.05, 3.63) is 95.3 Å². The predicted octanol–water partition coefficient (Wildman–Crippen LogP) is 3.13. The highest BCUT2D eigenvalue weighted by Crippen LogP contribution is 2.20. The number of carbonyl (C=O) groups is 1. The van der Waals surface area contributed by atoms with Gasteiger partial charge >= 0.3 is 0 Å². The molecule has 28 heavy (non-hydrogen) atoms. The van der Waals surface area contributed by atoms with E-state index in [0.29, 0.717) is 11.1 Å². The zero-order chi connectivity index (χ0) is 20.1. The zero-order valence-corrected chi connectivity index (χ0v) is 15.3. The number of primary sulfonamides is 1. The van der Waals surface area contributed by atoms with Crippen LogP contribution in [0, 0.1) is 17.7 Å². The second-order valence-corrected chi connectivity index (χ2v) is 7.33. The summed E-state index contributed by atoms with van der Waals surface area (Å²) >= 11 is 0. The normalized spacial score (nSPS) is 10.6. The molecule has 1 amide bonds. The largest absolute Gasteiger partial charge is 0.321 e. The van der Waals surface area contributed by atoms with Gasteiger partial charge in [-0.3, -0.25) is 4.79 Å². The summed E-state index contributed by atoms with van der Waals surface area (Å²) in [6, 6.07) is 18.2. The molecule has 140 valence electrons. The van der Waals surface area contributed by atoms with Crippen LogP contribution >= 0.6 is 0 Å². The third-order valence-corrected chi connectivity index (χ3v) is 4.77. The number of hydrogen-bond donors (Lipinski definition) is 2. The van der Waals surface area contributed by atoms with Crippen LogP contribution in [0.3, 0.4) is 0 Å². The number of carbonyl (C=O) groups excluding carboxylic acids is 1. The van der Waals surface area contributed by atoms with Crippen molar-refractivity contribution >= 4 is 21.6 Å². The predicted molar refractivity (Wildman–Crippen MR) is 105 cm³/mol. The van der Waals surface area contributed by atoms with E-state index in [2.05, 4.69) is 17.2 Å². The highest BCUT2D eigenvalue weighted by atomic mass is 32.2. The quantitative estimate of drug-likeness (QED) is 0.669. The van der Waals surface area contributed by atoms with Crippen LogP contribution in [0.5, 0.6) is 0 Å². The van der Waals surface area contributed by atoms with Gasteiger partial charge in [-0.05, 0) is 48.5 Å². The summed E-state index contributed by atoms with van der Waals surface area (Å²) in [6.45, 7) is 0. The second-order valence-electron chi connectivity index (χ2n) is 5.80. The summed E-state index contributed by atoms with van der Waals surface area (Å²) in [4.78, 5) is 12.5. The van der Waals surface area contributed by atoms with E-state index in [1.807, 2.05) is 0 Å². The first kappa shape index (κ1) is 19.3. The van der Waals surface area contributed by atoms with Crippen LogP contribution in [0.2, 0.25) is 0 Å². The van der Waals surface area contributed by atoms with Crippen molar-refractivity contribution in [3.63, 3.8) is 0 Å². The molecule has 0 bridgehead atoms. The summed E-state index contributed by atoms with van der Waals surface area (Å²) in [6.07, 6.45) is 0. The van der Waals surface area contributed by atoms with Crippen molar-refractivity contribution in [1.82, 2.24) is 0 Å². The maximum absolute atomic E-state index is 13.0. The Kier molecular flexibility index (Phi) is 5.54. The minimum absolute atomic E-state index is 0.0799. The number of amides is 1. The maximum atomic E-state index is 13.0. The lowest BCUT2D eigenvalue weighted by molar-refractivity contribution is 0.102. The smallest absolute Gasteiger partial charge is 0.256 e. The van der Waals surface area contributed by atoms with Gasteiger partial charge in [0, 0.05) is 11.1 Å². The number of nitrogens with two attached hydrogens (primary N) is 1. The number of benzene rings is 3. The topological polar surface area (TPSA) is 89.3 Å². The van der Waals surface area contributed by atoms with Crippen molar-refractivity contribution < 1.29 is 17.6 Å². The Hall–Kier alpha value is -3.47. The number of anilines is 1. The van der Waals surface area contributed by atoms with Gasteiger partial charge in [-0.2, -0.15) is 0 Å². The van der Waals surface area contributed by atoms with Crippen molar-refractivity contribution in [2.24, 2.45) is 5.14 Å². The van der Waals surface area contributed by atoms with Crippen LogP contribution in [-0.2, 0) is 10.0 Å². The number of hydrogen-bond acceptors (Lipinski definition) is 3. The van der Waals surface area contributed by atoms with Crippen molar-refractivity contribution in [3.8, 4) is 11.8 Å². The van der Waals surface area contributed by atoms with Gasteiger partial charge in [0.15, 0.2) is 0 Å². The first-order valence-electron chi connectivity index (χ1n) is 8.14. The van der Waals surface area contributed by atoms with Crippen LogP contribution in [-0.4, -0.2) is 14.3 Å². The minimum Gasteiger partial charge on any atom is -0.321 e. The van der Waals surface area contributed by atoms with Crippen LogP contribution in [0.25, 0.3) is 0 Å². The van der Waals surface area contributed by atoms with E-state index < -0.39 is 15.9 Å². The Morgan fingerprint density at radius 1 is 0.893 bits per heavy atom. The van der Waals surface area contributed by atoms with E-state index >= 15 is 0 Å². The lowest BCUT2D eigenvalue weighted by atomic mass is 10.1. The molecule has 0 fully saturated rings. The fourth-order valence-corrected chi connectivity index (χ4v) is 3.16. The van der Waals surface area contributed by atoms with Crippen LogP contribution < -0.4 is 10.5 Å². The SMILES string of the molecule is NS(=O)(=O)c1ccccc1NC(=O)c1ccccc1C#Cc1ccc(F)cc1. The Balaban J connectivity index is 1.92. The standard InChI is InChI=1S/C21H15FN2O3S/c22-17-13-10-15(11-14-17)9-12-16-5-1-2-6-18(16)21(25)24-19-7-3-4-8-20(19)28(23,26)27/h1-8,10-11,13-14H,(H,24,25)(H2,23,26,27). The Morgan fingerprint density at radius 2 is 1.54 bits per heavy atom. The molecule has 0 saturated carbocycles. The highest BCUT2D eigenvalue weighted by Gasteiger charge is 2.17. The summed E-state index contributed by atoms with van der Waals surface area (Å²) in [5, 5.41) is 7.76. The average Bonchev–Trinajstić information content (AvgIpc) is 2.67.